The van der Waals surface area contributed by atoms with Crippen molar-refractivity contribution in [2.45, 2.75) is 31.5 Å². The number of sulfonamides is 1. The van der Waals surface area contributed by atoms with Crippen LogP contribution in [0.1, 0.15) is 19.8 Å². The molecule has 11 nitrogen and oxygen atoms in total. The Hall–Kier alpha value is -0.890. The molecule has 2 atom stereocenters. The fourth-order valence-electron chi connectivity index (χ4n) is 2.54. The summed E-state index contributed by atoms with van der Waals surface area (Å²) in [6.07, 6.45) is -0.794. The number of ether oxygens (including phenoxy) is 1. The molecule has 2 aliphatic rings. The Morgan fingerprint density at radius 2 is 1.96 bits per heavy atom. The number of amides is 2. The first-order valence-electron chi connectivity index (χ1n) is 6.90. The van der Waals surface area contributed by atoms with Gasteiger partial charge in [0.15, 0.2) is 6.04 Å². The van der Waals surface area contributed by atoms with Gasteiger partial charge in [0.25, 0.3) is 21.7 Å². The summed E-state index contributed by atoms with van der Waals surface area (Å²) in [6.45, 7) is 0.144. The zero-order chi connectivity index (χ0) is 19.9. The first-order chi connectivity index (χ1) is 11.9. The van der Waals surface area contributed by atoms with Crippen LogP contribution in [0.25, 0.3) is 0 Å². The third-order valence-electron chi connectivity index (χ3n) is 3.55. The van der Waals surface area contributed by atoms with Gasteiger partial charge in [0.1, 0.15) is 17.1 Å². The van der Waals surface area contributed by atoms with E-state index in [1.807, 2.05) is 0 Å². The van der Waals surface area contributed by atoms with E-state index in [0.717, 1.165) is 6.92 Å². The molecule has 27 heavy (non-hydrogen) atoms. The smallest absolute Gasteiger partial charge is 0.544 e. The predicted molar refractivity (Wildman–Crippen MR) is 80.9 cm³/mol. The fraction of sp³-hybridized carbons (Fsp3) is 0.500. The monoisotopic (exact) mass is 452 g/mol. The molecule has 0 bridgehead atoms. The van der Waals surface area contributed by atoms with E-state index >= 15 is 0 Å². The summed E-state index contributed by atoms with van der Waals surface area (Å²) >= 11 is 10.6. The van der Waals surface area contributed by atoms with Crippen LogP contribution in [0.5, 0.6) is 0 Å². The first kappa shape index (κ1) is 24.1. The van der Waals surface area contributed by atoms with Gasteiger partial charge in [0, 0.05) is 13.3 Å². The van der Waals surface area contributed by atoms with Gasteiger partial charge in [-0.25, -0.2) is 12.7 Å². The second-order valence-corrected chi connectivity index (χ2v) is 7.92. The molecule has 2 fully saturated rings. The van der Waals surface area contributed by atoms with E-state index in [1.54, 1.807) is 0 Å². The average molecular weight is 453 g/mol. The van der Waals surface area contributed by atoms with Crippen LogP contribution in [0.3, 0.4) is 0 Å². The van der Waals surface area contributed by atoms with Crippen molar-refractivity contribution in [3.05, 3.63) is 9.90 Å². The summed E-state index contributed by atoms with van der Waals surface area (Å²) < 4.78 is 28.6. The SMILES string of the molecule is CC(=O)N([C@H]1CON(C2(C(=O)[O-])CCC(=O)O2)C1=O)S(=O)(=O)C=C(Cl)Cl.[Na+]. The maximum absolute atomic E-state index is 12.6. The summed E-state index contributed by atoms with van der Waals surface area (Å²) in [6, 6.07) is -1.75. The Bertz CT molecular complexity index is 814. The maximum Gasteiger partial charge on any atom is 1.00 e. The number of carboxylic acid groups (broad SMARTS) is 1. The van der Waals surface area contributed by atoms with Crippen LogP contribution in [0.15, 0.2) is 9.90 Å². The van der Waals surface area contributed by atoms with Gasteiger partial charge in [-0.15, -0.1) is 0 Å². The molecule has 2 saturated heterocycles. The van der Waals surface area contributed by atoms with E-state index in [0.29, 0.717) is 5.41 Å². The molecular weight excluding hydrogens is 442 g/mol. The van der Waals surface area contributed by atoms with Gasteiger partial charge in [-0.2, -0.15) is 5.06 Å². The molecule has 1 unspecified atom stereocenters. The van der Waals surface area contributed by atoms with Crippen molar-refractivity contribution in [2.75, 3.05) is 6.61 Å². The number of hydrogen-bond donors (Lipinski definition) is 0. The molecule has 144 valence electrons. The Morgan fingerprint density at radius 3 is 2.37 bits per heavy atom. The number of carboxylic acids is 1. The van der Waals surface area contributed by atoms with E-state index in [4.69, 9.17) is 28.0 Å². The molecule has 15 heteroatoms. The minimum Gasteiger partial charge on any atom is -0.544 e. The number of hydroxylamine groups is 2. The minimum atomic E-state index is -4.58. The second kappa shape index (κ2) is 8.64. The fourth-order valence-corrected chi connectivity index (χ4v) is 4.42. The van der Waals surface area contributed by atoms with E-state index in [-0.39, 0.29) is 45.3 Å². The number of carbonyl (C=O) groups excluding carboxylic acids is 4. The van der Waals surface area contributed by atoms with Gasteiger partial charge in [-0.05, 0) is 0 Å². The third-order valence-corrected chi connectivity index (χ3v) is 5.62. The average Bonchev–Trinajstić information content (AvgIpc) is 3.02. The van der Waals surface area contributed by atoms with Gasteiger partial charge in [0.2, 0.25) is 5.91 Å². The van der Waals surface area contributed by atoms with Gasteiger partial charge in [-0.1, -0.05) is 23.2 Å². The van der Waals surface area contributed by atoms with E-state index in [1.165, 1.54) is 0 Å². The maximum atomic E-state index is 12.6. The van der Waals surface area contributed by atoms with Crippen molar-refractivity contribution >= 4 is 57.0 Å². The van der Waals surface area contributed by atoms with Crippen LogP contribution in [-0.2, 0) is 38.8 Å². The van der Waals surface area contributed by atoms with E-state index in [9.17, 15) is 32.7 Å². The summed E-state index contributed by atoms with van der Waals surface area (Å²) in [5, 5.41) is 12.0. The van der Waals surface area contributed by atoms with Crippen molar-refractivity contribution in [1.29, 1.82) is 0 Å². The Labute approximate surface area is 185 Å². The molecular formula is C12H11Cl2N2NaO9S. The van der Waals surface area contributed by atoms with Crippen LogP contribution < -0.4 is 34.7 Å². The van der Waals surface area contributed by atoms with Crippen LogP contribution in [0.4, 0.5) is 0 Å². The first-order valence-corrected chi connectivity index (χ1v) is 9.16. The van der Waals surface area contributed by atoms with Crippen LogP contribution in [0, 0.1) is 0 Å². The van der Waals surface area contributed by atoms with Gasteiger partial charge in [0.05, 0.1) is 11.8 Å². The summed E-state index contributed by atoms with van der Waals surface area (Å²) in [5.74, 6) is -5.16. The van der Waals surface area contributed by atoms with Crippen LogP contribution in [0.2, 0.25) is 0 Å². The number of aliphatic carboxylic acids is 1. The number of esters is 1. The van der Waals surface area contributed by atoms with Crippen molar-refractivity contribution in [3.63, 3.8) is 0 Å². The van der Waals surface area contributed by atoms with Crippen LogP contribution in [-0.4, -0.2) is 59.9 Å². The zero-order valence-electron chi connectivity index (χ0n) is 14.0. The van der Waals surface area contributed by atoms with Crippen molar-refractivity contribution < 1.29 is 71.8 Å². The Morgan fingerprint density at radius 1 is 1.37 bits per heavy atom. The number of halogens is 2. The summed E-state index contributed by atoms with van der Waals surface area (Å²) in [5.41, 5.74) is -2.55. The van der Waals surface area contributed by atoms with Gasteiger partial charge >= 0.3 is 35.5 Å². The second-order valence-electron chi connectivity index (χ2n) is 5.26. The molecule has 2 aliphatic heterocycles. The topological polar surface area (TPSA) is 150 Å². The third kappa shape index (κ3) is 4.58. The number of nitrogens with zero attached hydrogens (tertiary/aromatic N) is 2. The van der Waals surface area contributed by atoms with Crippen molar-refractivity contribution in [2.24, 2.45) is 0 Å². The predicted octanol–water partition coefficient (Wildman–Crippen LogP) is -4.63. The summed E-state index contributed by atoms with van der Waals surface area (Å²) in [7, 11) is -4.58. The summed E-state index contributed by atoms with van der Waals surface area (Å²) in [4.78, 5) is 52.1. The van der Waals surface area contributed by atoms with Crippen molar-refractivity contribution in [3.8, 4) is 0 Å². The van der Waals surface area contributed by atoms with Crippen LogP contribution >= 0.6 is 23.2 Å². The van der Waals surface area contributed by atoms with E-state index < -0.39 is 63.1 Å². The molecule has 0 saturated carbocycles. The van der Waals surface area contributed by atoms with Gasteiger partial charge < -0.3 is 14.6 Å². The molecule has 0 aromatic rings. The number of hydrogen-bond acceptors (Lipinski definition) is 9. The van der Waals surface area contributed by atoms with Gasteiger partial charge in [-0.3, -0.25) is 19.2 Å². The van der Waals surface area contributed by atoms with E-state index in [2.05, 4.69) is 4.74 Å². The normalized spacial score (nSPS) is 24.9. The number of cyclic esters (lactones) is 1. The quantitative estimate of drug-likeness (QED) is 0.296. The molecule has 0 N–H and O–H groups in total. The minimum absolute atomic E-state index is 0. The molecule has 0 radical (unpaired) electrons. The standard InChI is InChI=1S/C12H12Cl2N2O9S.Na/c1-6(17)15(26(22,23)5-8(13)14)7-4-24-16(10(7)19)12(11(20)21)3-2-9(18)25-12;/h5,7H,2-4H2,1H3,(H,20,21);/q;+1/p-1/t7-,12?;/m0./s1. The number of carbonyl (C=O) groups is 4. The molecule has 0 aromatic carbocycles. The molecule has 0 spiro atoms. The van der Waals surface area contributed by atoms with Crippen molar-refractivity contribution in [1.82, 2.24) is 9.37 Å². The largest absolute Gasteiger partial charge is 1.00 e. The molecule has 2 heterocycles. The molecule has 0 aromatic heterocycles. The molecule has 0 aliphatic carbocycles. The molecule has 2 amide bonds. The Kier molecular flexibility index (Phi) is 7.72. The number of rotatable bonds is 5. The molecule has 2 rings (SSSR count). The Balaban J connectivity index is 0.00000364. The zero-order valence-corrected chi connectivity index (χ0v) is 18.3.